The number of hydrogen-bond acceptors (Lipinski definition) is 1. The van der Waals surface area contributed by atoms with Gasteiger partial charge in [-0.1, -0.05) is 43.3 Å². The van der Waals surface area contributed by atoms with E-state index in [1.807, 2.05) is 50.3 Å². The molecule has 1 rings (SSSR count). The van der Waals surface area contributed by atoms with Crippen molar-refractivity contribution in [2.75, 3.05) is 0 Å². The highest BCUT2D eigenvalue weighted by Gasteiger charge is 1.98. The van der Waals surface area contributed by atoms with E-state index in [4.69, 9.17) is 0 Å². The minimum Gasteiger partial charge on any atom is -0.389 e. The van der Waals surface area contributed by atoms with Gasteiger partial charge in [0.15, 0.2) is 0 Å². The van der Waals surface area contributed by atoms with E-state index in [1.165, 1.54) is 5.56 Å². The van der Waals surface area contributed by atoms with Crippen LogP contribution in [0, 0.1) is 0 Å². The quantitative estimate of drug-likeness (QED) is 0.750. The smallest absolute Gasteiger partial charge is 0.0724 e. The van der Waals surface area contributed by atoms with Crippen molar-refractivity contribution in [2.24, 2.45) is 0 Å². The van der Waals surface area contributed by atoms with Crippen LogP contribution in [-0.4, -0.2) is 11.2 Å². The highest BCUT2D eigenvalue weighted by Crippen LogP contribution is 2.13. The summed E-state index contributed by atoms with van der Waals surface area (Å²) in [4.78, 5) is 0. The van der Waals surface area contributed by atoms with Crippen LogP contribution in [0.2, 0.25) is 0 Å². The molecule has 0 amide bonds. The number of benzene rings is 1. The summed E-state index contributed by atoms with van der Waals surface area (Å²) in [6.07, 6.45) is 2.35. The number of rotatable bonds is 3. The first-order valence-electron chi connectivity index (χ1n) is 4.66. The van der Waals surface area contributed by atoms with Crippen molar-refractivity contribution in [2.45, 2.75) is 26.4 Å². The van der Waals surface area contributed by atoms with Gasteiger partial charge in [0.25, 0.3) is 0 Å². The zero-order chi connectivity index (χ0) is 9.68. The average Bonchev–Trinajstić information content (AvgIpc) is 2.19. The first-order chi connectivity index (χ1) is 6.24. The SMILES string of the molecule is CCC(O)/C=C(\C)c1ccccc1. The summed E-state index contributed by atoms with van der Waals surface area (Å²) in [5, 5.41) is 9.41. The van der Waals surface area contributed by atoms with Crippen molar-refractivity contribution >= 4 is 5.57 Å². The van der Waals surface area contributed by atoms with Gasteiger partial charge in [-0.2, -0.15) is 0 Å². The van der Waals surface area contributed by atoms with Crippen LogP contribution in [0.4, 0.5) is 0 Å². The Bertz CT molecular complexity index is 274. The summed E-state index contributed by atoms with van der Waals surface area (Å²) in [5.74, 6) is 0. The molecule has 0 heterocycles. The zero-order valence-electron chi connectivity index (χ0n) is 8.20. The molecule has 0 saturated heterocycles. The number of hydrogen-bond donors (Lipinski definition) is 1. The Morgan fingerprint density at radius 3 is 2.54 bits per heavy atom. The molecule has 0 aliphatic heterocycles. The average molecular weight is 176 g/mol. The predicted molar refractivity (Wildman–Crippen MR) is 56.4 cm³/mol. The Kier molecular flexibility index (Phi) is 3.71. The summed E-state index contributed by atoms with van der Waals surface area (Å²) < 4.78 is 0. The third-order valence-corrected chi connectivity index (χ3v) is 2.09. The van der Waals surface area contributed by atoms with Crippen molar-refractivity contribution in [3.05, 3.63) is 42.0 Å². The van der Waals surface area contributed by atoms with Crippen molar-refractivity contribution < 1.29 is 5.11 Å². The number of allylic oxidation sites excluding steroid dienone is 1. The van der Waals surface area contributed by atoms with Crippen molar-refractivity contribution in [3.63, 3.8) is 0 Å². The lowest BCUT2D eigenvalue weighted by atomic mass is 10.1. The lowest BCUT2D eigenvalue weighted by Gasteiger charge is -2.04. The monoisotopic (exact) mass is 176 g/mol. The summed E-state index contributed by atoms with van der Waals surface area (Å²) in [5.41, 5.74) is 2.31. The lowest BCUT2D eigenvalue weighted by molar-refractivity contribution is 0.219. The Labute approximate surface area is 79.7 Å². The van der Waals surface area contributed by atoms with Crippen LogP contribution < -0.4 is 0 Å². The summed E-state index contributed by atoms with van der Waals surface area (Å²) in [6, 6.07) is 10.1. The molecule has 13 heavy (non-hydrogen) atoms. The Morgan fingerprint density at radius 2 is 2.00 bits per heavy atom. The molecule has 0 spiro atoms. The van der Waals surface area contributed by atoms with E-state index in [-0.39, 0.29) is 6.10 Å². The normalized spacial score (nSPS) is 14.2. The standard InChI is InChI=1S/C12H16O/c1-3-12(13)9-10(2)11-7-5-4-6-8-11/h4-9,12-13H,3H2,1-2H3/b10-9+. The molecular formula is C12H16O. The van der Waals surface area contributed by atoms with E-state index in [0.29, 0.717) is 0 Å². The number of aliphatic hydroxyl groups is 1. The topological polar surface area (TPSA) is 20.2 Å². The Morgan fingerprint density at radius 1 is 1.38 bits per heavy atom. The third-order valence-electron chi connectivity index (χ3n) is 2.09. The maximum Gasteiger partial charge on any atom is 0.0724 e. The molecule has 0 bridgehead atoms. The molecule has 0 aliphatic rings. The molecule has 0 aromatic heterocycles. The fraction of sp³-hybridized carbons (Fsp3) is 0.333. The van der Waals surface area contributed by atoms with Crippen molar-refractivity contribution in [3.8, 4) is 0 Å². The highest BCUT2D eigenvalue weighted by atomic mass is 16.3. The van der Waals surface area contributed by atoms with Crippen LogP contribution in [0.3, 0.4) is 0 Å². The maximum absolute atomic E-state index is 9.41. The molecule has 1 unspecified atom stereocenters. The van der Waals surface area contributed by atoms with E-state index in [1.54, 1.807) is 0 Å². The molecule has 1 atom stereocenters. The van der Waals surface area contributed by atoms with Gasteiger partial charge < -0.3 is 5.11 Å². The zero-order valence-corrected chi connectivity index (χ0v) is 8.20. The van der Waals surface area contributed by atoms with Crippen LogP contribution >= 0.6 is 0 Å². The Balaban J connectivity index is 2.79. The highest BCUT2D eigenvalue weighted by molar-refractivity contribution is 5.63. The molecule has 0 radical (unpaired) electrons. The molecule has 1 heteroatoms. The molecule has 70 valence electrons. The summed E-state index contributed by atoms with van der Waals surface area (Å²) in [6.45, 7) is 3.99. The van der Waals surface area contributed by atoms with Crippen LogP contribution in [0.5, 0.6) is 0 Å². The lowest BCUT2D eigenvalue weighted by Crippen LogP contribution is -1.99. The van der Waals surface area contributed by atoms with E-state index in [0.717, 1.165) is 12.0 Å². The molecule has 0 saturated carbocycles. The second-order valence-electron chi connectivity index (χ2n) is 3.19. The van der Waals surface area contributed by atoms with E-state index in [9.17, 15) is 5.11 Å². The van der Waals surface area contributed by atoms with E-state index in [2.05, 4.69) is 0 Å². The summed E-state index contributed by atoms with van der Waals surface area (Å²) in [7, 11) is 0. The molecule has 0 aliphatic carbocycles. The van der Waals surface area contributed by atoms with Gasteiger partial charge in [0.05, 0.1) is 6.10 Å². The molecule has 1 aromatic carbocycles. The molecule has 1 aromatic rings. The van der Waals surface area contributed by atoms with Crippen molar-refractivity contribution in [1.29, 1.82) is 0 Å². The fourth-order valence-corrected chi connectivity index (χ4v) is 1.20. The number of aliphatic hydroxyl groups excluding tert-OH is 1. The van der Waals surface area contributed by atoms with Gasteiger partial charge in [-0.15, -0.1) is 0 Å². The molecule has 1 N–H and O–H groups in total. The second-order valence-corrected chi connectivity index (χ2v) is 3.19. The minimum atomic E-state index is -0.319. The van der Waals surface area contributed by atoms with Gasteiger partial charge in [-0.05, 0) is 24.5 Å². The third kappa shape index (κ3) is 3.03. The van der Waals surface area contributed by atoms with Crippen molar-refractivity contribution in [1.82, 2.24) is 0 Å². The minimum absolute atomic E-state index is 0.319. The maximum atomic E-state index is 9.41. The van der Waals surface area contributed by atoms with Gasteiger partial charge in [0.1, 0.15) is 0 Å². The molecule has 1 nitrogen and oxygen atoms in total. The first-order valence-corrected chi connectivity index (χ1v) is 4.66. The van der Waals surface area contributed by atoms with E-state index >= 15 is 0 Å². The van der Waals surface area contributed by atoms with Gasteiger partial charge in [-0.25, -0.2) is 0 Å². The Hall–Kier alpha value is -1.08. The van der Waals surface area contributed by atoms with Gasteiger partial charge in [-0.3, -0.25) is 0 Å². The van der Waals surface area contributed by atoms with Crippen LogP contribution in [0.25, 0.3) is 5.57 Å². The predicted octanol–water partition coefficient (Wildman–Crippen LogP) is 2.86. The fourth-order valence-electron chi connectivity index (χ4n) is 1.20. The van der Waals surface area contributed by atoms with E-state index < -0.39 is 0 Å². The molecule has 0 fully saturated rings. The first kappa shape index (κ1) is 10.0. The van der Waals surface area contributed by atoms with Gasteiger partial charge >= 0.3 is 0 Å². The van der Waals surface area contributed by atoms with Crippen LogP contribution in [0.15, 0.2) is 36.4 Å². The second kappa shape index (κ2) is 4.83. The van der Waals surface area contributed by atoms with Crippen LogP contribution in [-0.2, 0) is 0 Å². The molecular weight excluding hydrogens is 160 g/mol. The summed E-state index contributed by atoms with van der Waals surface area (Å²) >= 11 is 0. The largest absolute Gasteiger partial charge is 0.389 e. The van der Waals surface area contributed by atoms with Crippen LogP contribution in [0.1, 0.15) is 25.8 Å². The van der Waals surface area contributed by atoms with Gasteiger partial charge in [0, 0.05) is 0 Å². The van der Waals surface area contributed by atoms with Gasteiger partial charge in [0.2, 0.25) is 0 Å².